The molecule has 4 nitrogen and oxygen atoms in total. The van der Waals surface area contributed by atoms with Gasteiger partial charge in [0.25, 0.3) is 0 Å². The summed E-state index contributed by atoms with van der Waals surface area (Å²) >= 11 is 0. The number of aliphatic hydroxyl groups excluding tert-OH is 1. The molecule has 0 amide bonds. The molecule has 6 heteroatoms. The first-order valence-electron chi connectivity index (χ1n) is 12.6. The van der Waals surface area contributed by atoms with Gasteiger partial charge in [0.2, 0.25) is 0 Å². The number of hydrogen-bond acceptors (Lipinski definition) is 4. The van der Waals surface area contributed by atoms with Gasteiger partial charge in [-0.3, -0.25) is 0 Å². The van der Waals surface area contributed by atoms with Crippen molar-refractivity contribution in [3.05, 3.63) is 0 Å². The van der Waals surface area contributed by atoms with Crippen molar-refractivity contribution in [2.45, 2.75) is 148 Å². The predicted molar refractivity (Wildman–Crippen MR) is 123 cm³/mol. The van der Waals surface area contributed by atoms with E-state index < -0.39 is 10.1 Å². The zero-order valence-electron chi connectivity index (χ0n) is 20.2. The Bertz CT molecular complexity index is 429. The van der Waals surface area contributed by atoms with E-state index in [1.54, 1.807) is 0 Å². The summed E-state index contributed by atoms with van der Waals surface area (Å²) < 4.78 is 31.5. The fourth-order valence-electron chi connectivity index (χ4n) is 3.91. The van der Waals surface area contributed by atoms with E-state index in [9.17, 15) is 18.1 Å². The fraction of sp³-hybridized carbons (Fsp3) is 1.00. The van der Waals surface area contributed by atoms with Crippen LogP contribution in [0.1, 0.15) is 142 Å². The largest absolute Gasteiger partial charge is 1.00 e. The summed E-state index contributed by atoms with van der Waals surface area (Å²) in [7, 11) is -4.01. The quantitative estimate of drug-likeness (QED) is 0.138. The van der Waals surface area contributed by atoms with Crippen LogP contribution in [0, 0.1) is 0 Å². The van der Waals surface area contributed by atoms with Crippen molar-refractivity contribution in [3.63, 3.8) is 0 Å². The summed E-state index contributed by atoms with van der Waals surface area (Å²) in [5.74, 6) is -0.202. The molecule has 1 N–H and O–H groups in total. The Hall–Kier alpha value is 1.51. The molecule has 0 bridgehead atoms. The van der Waals surface area contributed by atoms with E-state index >= 15 is 0 Å². The van der Waals surface area contributed by atoms with Crippen molar-refractivity contribution < 1.29 is 69.5 Å². The second-order valence-electron chi connectivity index (χ2n) is 8.86. The molecule has 0 aromatic heterocycles. The summed E-state index contributed by atoms with van der Waals surface area (Å²) in [5.41, 5.74) is 0. The van der Waals surface area contributed by atoms with Gasteiger partial charge in [-0.25, -0.2) is 8.42 Å². The van der Waals surface area contributed by atoms with E-state index in [0.717, 1.165) is 32.1 Å². The van der Waals surface area contributed by atoms with Crippen molar-refractivity contribution in [2.75, 3.05) is 5.75 Å². The average Bonchev–Trinajstić information content (AvgIpc) is 2.66. The first-order valence-corrected chi connectivity index (χ1v) is 14.1. The molecule has 0 aliphatic rings. The minimum atomic E-state index is -4.01. The third-order valence-corrected chi connectivity index (χ3v) is 6.61. The van der Waals surface area contributed by atoms with Crippen LogP contribution in [-0.2, 0) is 10.1 Å². The molecule has 0 aromatic carbocycles. The third kappa shape index (κ3) is 29.5. The minimum Gasteiger partial charge on any atom is -0.748 e. The molecule has 0 spiro atoms. The summed E-state index contributed by atoms with van der Waals surface area (Å²) in [6, 6.07) is 0. The van der Waals surface area contributed by atoms with Crippen molar-refractivity contribution in [3.8, 4) is 0 Å². The standard InChI is InChI=1S/C24H50O4S.K/c1-2-3-4-15-18-21-24(25)22-19-16-13-11-9-7-5-6-8-10-12-14-17-20-23-29(26,27)28;/h24-25H,2-23H2,1H3,(H,26,27,28);/q;+1/p-1. The van der Waals surface area contributed by atoms with Gasteiger partial charge in [0.05, 0.1) is 16.2 Å². The van der Waals surface area contributed by atoms with Crippen molar-refractivity contribution in [1.82, 2.24) is 0 Å². The van der Waals surface area contributed by atoms with Gasteiger partial charge in [0, 0.05) is 5.75 Å². The molecule has 0 aliphatic heterocycles. The van der Waals surface area contributed by atoms with Gasteiger partial charge in [-0.2, -0.15) is 0 Å². The van der Waals surface area contributed by atoms with Crippen LogP contribution in [0.25, 0.3) is 0 Å². The molecular formula is C24H49KO4S. The average molecular weight is 473 g/mol. The van der Waals surface area contributed by atoms with E-state index in [1.807, 2.05) is 0 Å². The van der Waals surface area contributed by atoms with Crippen LogP contribution in [0.15, 0.2) is 0 Å². The first-order chi connectivity index (χ1) is 14.0. The zero-order valence-corrected chi connectivity index (χ0v) is 24.2. The van der Waals surface area contributed by atoms with Crippen LogP contribution in [0.5, 0.6) is 0 Å². The van der Waals surface area contributed by atoms with Gasteiger partial charge in [0.1, 0.15) is 0 Å². The smallest absolute Gasteiger partial charge is 0.748 e. The maximum absolute atomic E-state index is 10.5. The van der Waals surface area contributed by atoms with Gasteiger partial charge < -0.3 is 9.66 Å². The van der Waals surface area contributed by atoms with Crippen LogP contribution in [0.2, 0.25) is 0 Å². The Morgan fingerprint density at radius 3 is 1.23 bits per heavy atom. The van der Waals surface area contributed by atoms with Crippen molar-refractivity contribution in [1.29, 1.82) is 0 Å². The third-order valence-electron chi connectivity index (χ3n) is 5.82. The number of unbranched alkanes of at least 4 members (excludes halogenated alkanes) is 17. The number of hydrogen-bond donors (Lipinski definition) is 1. The molecule has 0 fully saturated rings. The molecule has 1 unspecified atom stereocenters. The fourth-order valence-corrected chi connectivity index (χ4v) is 4.47. The topological polar surface area (TPSA) is 77.4 Å². The Morgan fingerprint density at radius 1 is 0.600 bits per heavy atom. The number of rotatable bonds is 23. The van der Waals surface area contributed by atoms with Crippen LogP contribution < -0.4 is 51.4 Å². The molecule has 0 radical (unpaired) electrons. The molecule has 0 saturated heterocycles. The van der Waals surface area contributed by atoms with E-state index in [2.05, 4.69) is 6.92 Å². The molecular weight excluding hydrogens is 423 g/mol. The molecule has 176 valence electrons. The Labute approximate surface area is 230 Å². The number of aliphatic hydroxyl groups is 1. The summed E-state index contributed by atoms with van der Waals surface area (Å²) in [5, 5.41) is 10.0. The van der Waals surface area contributed by atoms with E-state index in [-0.39, 0.29) is 63.2 Å². The summed E-state index contributed by atoms with van der Waals surface area (Å²) in [6.07, 6.45) is 24.8. The van der Waals surface area contributed by atoms with Crippen LogP contribution >= 0.6 is 0 Å². The van der Waals surface area contributed by atoms with Crippen LogP contribution in [-0.4, -0.2) is 29.9 Å². The van der Waals surface area contributed by atoms with Gasteiger partial charge in [-0.05, 0) is 19.3 Å². The van der Waals surface area contributed by atoms with Gasteiger partial charge >= 0.3 is 51.4 Å². The maximum atomic E-state index is 10.5. The zero-order chi connectivity index (χ0) is 21.6. The molecule has 0 heterocycles. The molecule has 0 aromatic rings. The van der Waals surface area contributed by atoms with E-state index in [0.29, 0.717) is 6.42 Å². The Balaban J connectivity index is 0. The minimum absolute atomic E-state index is 0. The van der Waals surface area contributed by atoms with Gasteiger partial charge in [-0.15, -0.1) is 0 Å². The first kappa shape index (κ1) is 33.7. The van der Waals surface area contributed by atoms with Gasteiger partial charge in [0.15, 0.2) is 0 Å². The second kappa shape index (κ2) is 25.1. The molecule has 0 aliphatic carbocycles. The monoisotopic (exact) mass is 472 g/mol. The summed E-state index contributed by atoms with van der Waals surface area (Å²) in [4.78, 5) is 0. The van der Waals surface area contributed by atoms with Crippen molar-refractivity contribution in [2.24, 2.45) is 0 Å². The predicted octanol–water partition coefficient (Wildman–Crippen LogP) is 4.11. The second-order valence-corrected chi connectivity index (χ2v) is 10.4. The van der Waals surface area contributed by atoms with Crippen molar-refractivity contribution >= 4 is 10.1 Å². The van der Waals surface area contributed by atoms with Crippen LogP contribution in [0.4, 0.5) is 0 Å². The molecule has 30 heavy (non-hydrogen) atoms. The van der Waals surface area contributed by atoms with E-state index in [4.69, 9.17) is 0 Å². The molecule has 0 saturated carbocycles. The van der Waals surface area contributed by atoms with Gasteiger partial charge in [-0.1, -0.05) is 122 Å². The summed E-state index contributed by atoms with van der Waals surface area (Å²) in [6.45, 7) is 2.23. The normalized spacial score (nSPS) is 12.6. The molecule has 0 rings (SSSR count). The Kier molecular flexibility index (Phi) is 28.2. The Morgan fingerprint density at radius 2 is 0.900 bits per heavy atom. The van der Waals surface area contributed by atoms with E-state index in [1.165, 1.54) is 96.3 Å². The van der Waals surface area contributed by atoms with Crippen LogP contribution in [0.3, 0.4) is 0 Å². The molecule has 1 atom stereocenters. The maximum Gasteiger partial charge on any atom is 1.00 e. The SMILES string of the molecule is CCCCCCCC(O)CCCCCCCCCCCCCCCCS(=O)(=O)[O-].[K+].